The summed E-state index contributed by atoms with van der Waals surface area (Å²) >= 11 is 0. The van der Waals surface area contributed by atoms with Gasteiger partial charge in [0.2, 0.25) is 10.0 Å². The van der Waals surface area contributed by atoms with Crippen LogP contribution in [0, 0.1) is 15.9 Å². The summed E-state index contributed by atoms with van der Waals surface area (Å²) in [6.45, 7) is 3.17. The third-order valence-corrected chi connectivity index (χ3v) is 5.49. The molecule has 0 bridgehead atoms. The molecule has 1 heterocycles. The van der Waals surface area contributed by atoms with E-state index in [1.165, 1.54) is 22.7 Å². The highest BCUT2D eigenvalue weighted by Crippen LogP contribution is 2.32. The van der Waals surface area contributed by atoms with Gasteiger partial charge in [0.1, 0.15) is 11.5 Å². The van der Waals surface area contributed by atoms with E-state index in [0.717, 1.165) is 6.07 Å². The van der Waals surface area contributed by atoms with Crippen molar-refractivity contribution in [3.63, 3.8) is 0 Å². The zero-order valence-corrected chi connectivity index (χ0v) is 13.9. The number of sulfonamides is 1. The van der Waals surface area contributed by atoms with Crippen LogP contribution in [0.5, 0.6) is 0 Å². The molecule has 0 aromatic heterocycles. The molecule has 7 nitrogen and oxygen atoms in total. The van der Waals surface area contributed by atoms with Gasteiger partial charge in [-0.05, 0) is 25.0 Å². The van der Waals surface area contributed by atoms with Crippen LogP contribution in [0.2, 0.25) is 0 Å². The fraction of sp³-hybridized carbons (Fsp3) is 0.571. The second-order valence-electron chi connectivity index (χ2n) is 5.57. The number of nitrogens with zero attached hydrogens (tertiary/aromatic N) is 3. The van der Waals surface area contributed by atoms with Crippen molar-refractivity contribution in [1.82, 2.24) is 4.31 Å². The van der Waals surface area contributed by atoms with E-state index in [2.05, 4.69) is 0 Å². The first-order valence-corrected chi connectivity index (χ1v) is 9.24. The van der Waals surface area contributed by atoms with Gasteiger partial charge in [-0.3, -0.25) is 10.1 Å². The first kappa shape index (κ1) is 17.6. The summed E-state index contributed by atoms with van der Waals surface area (Å²) < 4.78 is 38.2. The quantitative estimate of drug-likeness (QED) is 0.602. The predicted molar refractivity (Wildman–Crippen MR) is 85.5 cm³/mol. The van der Waals surface area contributed by atoms with Crippen LogP contribution in [0.4, 0.5) is 15.8 Å². The molecule has 0 unspecified atom stereocenters. The van der Waals surface area contributed by atoms with E-state index in [9.17, 15) is 22.9 Å². The van der Waals surface area contributed by atoms with E-state index >= 15 is 0 Å². The van der Waals surface area contributed by atoms with Crippen molar-refractivity contribution in [2.75, 3.05) is 30.8 Å². The van der Waals surface area contributed by atoms with Crippen molar-refractivity contribution in [3.05, 3.63) is 34.1 Å². The van der Waals surface area contributed by atoms with E-state index in [-0.39, 0.29) is 11.7 Å². The normalized spacial score (nSPS) is 16.8. The monoisotopic (exact) mass is 345 g/mol. The summed E-state index contributed by atoms with van der Waals surface area (Å²) in [5.41, 5.74) is 0.108. The van der Waals surface area contributed by atoms with Crippen molar-refractivity contribution in [1.29, 1.82) is 0 Å². The number of hydrogen-bond donors (Lipinski definition) is 0. The summed E-state index contributed by atoms with van der Waals surface area (Å²) in [6, 6.07) is 3.41. The Hall–Kier alpha value is -1.74. The summed E-state index contributed by atoms with van der Waals surface area (Å²) in [5, 5.41) is 11.1. The fourth-order valence-corrected chi connectivity index (χ4v) is 4.29. The maximum atomic E-state index is 13.2. The largest absolute Gasteiger partial charge is 0.366 e. The molecule has 9 heteroatoms. The van der Waals surface area contributed by atoms with Crippen LogP contribution >= 0.6 is 0 Å². The highest BCUT2D eigenvalue weighted by molar-refractivity contribution is 7.88. The standard InChI is InChI=1S/C14H20FN3O4S/c1-3-17(23(2,21)22)12-6-8-16(9-7-12)13-5-4-11(15)10-14(13)18(19)20/h4-5,10,12H,3,6-9H2,1-2H3. The highest BCUT2D eigenvalue weighted by Gasteiger charge is 2.31. The van der Waals surface area contributed by atoms with Crippen LogP contribution in [-0.2, 0) is 10.0 Å². The molecule has 0 amide bonds. The molecule has 0 N–H and O–H groups in total. The minimum atomic E-state index is -3.27. The van der Waals surface area contributed by atoms with E-state index in [4.69, 9.17) is 0 Å². The van der Waals surface area contributed by atoms with Crippen LogP contribution in [0.1, 0.15) is 19.8 Å². The maximum Gasteiger partial charge on any atom is 0.295 e. The van der Waals surface area contributed by atoms with E-state index in [0.29, 0.717) is 38.2 Å². The van der Waals surface area contributed by atoms with Gasteiger partial charge in [-0.1, -0.05) is 6.92 Å². The van der Waals surface area contributed by atoms with Gasteiger partial charge in [-0.15, -0.1) is 0 Å². The molecule has 0 atom stereocenters. The molecule has 1 aromatic carbocycles. The Bertz CT molecular complexity index is 687. The molecule has 0 aliphatic carbocycles. The van der Waals surface area contributed by atoms with Gasteiger partial charge in [0.25, 0.3) is 5.69 Å². The molecule has 0 spiro atoms. The molecule has 128 valence electrons. The molecule has 1 aliphatic heterocycles. The van der Waals surface area contributed by atoms with Crippen molar-refractivity contribution in [2.24, 2.45) is 0 Å². The lowest BCUT2D eigenvalue weighted by molar-refractivity contribution is -0.384. The molecule has 0 radical (unpaired) electrons. The number of halogens is 1. The molecule has 2 rings (SSSR count). The molecular weight excluding hydrogens is 325 g/mol. The summed E-state index contributed by atoms with van der Waals surface area (Å²) in [4.78, 5) is 12.3. The van der Waals surface area contributed by atoms with Gasteiger partial charge in [0.15, 0.2) is 0 Å². The van der Waals surface area contributed by atoms with Crippen LogP contribution < -0.4 is 4.90 Å². The second kappa shape index (κ2) is 6.79. The molecule has 0 saturated carbocycles. The third-order valence-electron chi connectivity index (χ3n) is 4.08. The number of piperidine rings is 1. The van der Waals surface area contributed by atoms with Crippen molar-refractivity contribution < 1.29 is 17.7 Å². The Balaban J connectivity index is 2.15. The van der Waals surface area contributed by atoms with E-state index in [1.54, 1.807) is 6.92 Å². The highest BCUT2D eigenvalue weighted by atomic mass is 32.2. The van der Waals surface area contributed by atoms with Gasteiger partial charge < -0.3 is 4.90 Å². The number of benzene rings is 1. The van der Waals surface area contributed by atoms with E-state index in [1.807, 2.05) is 4.90 Å². The molecule has 23 heavy (non-hydrogen) atoms. The van der Waals surface area contributed by atoms with Crippen molar-refractivity contribution in [3.8, 4) is 0 Å². The van der Waals surface area contributed by atoms with Gasteiger partial charge >= 0.3 is 0 Å². The zero-order valence-electron chi connectivity index (χ0n) is 13.1. The summed E-state index contributed by atoms with van der Waals surface area (Å²) in [5.74, 6) is -0.649. The summed E-state index contributed by atoms with van der Waals surface area (Å²) in [7, 11) is -3.27. The molecule has 1 saturated heterocycles. The lowest BCUT2D eigenvalue weighted by Gasteiger charge is -2.37. The Morgan fingerprint density at radius 1 is 1.39 bits per heavy atom. The van der Waals surface area contributed by atoms with Gasteiger partial charge in [-0.2, -0.15) is 4.31 Å². The van der Waals surface area contributed by atoms with Gasteiger partial charge in [-0.25, -0.2) is 12.8 Å². The Morgan fingerprint density at radius 3 is 2.48 bits per heavy atom. The van der Waals surface area contributed by atoms with Crippen LogP contribution in [0.3, 0.4) is 0 Å². The minimum Gasteiger partial charge on any atom is -0.366 e. The predicted octanol–water partition coefficient (Wildman–Crippen LogP) is 1.98. The minimum absolute atomic E-state index is 0.106. The number of anilines is 1. The fourth-order valence-electron chi connectivity index (χ4n) is 3.07. The van der Waals surface area contributed by atoms with Gasteiger partial charge in [0, 0.05) is 25.7 Å². The van der Waals surface area contributed by atoms with Crippen LogP contribution in [-0.4, -0.2) is 49.6 Å². The van der Waals surface area contributed by atoms with Crippen LogP contribution in [0.15, 0.2) is 18.2 Å². The first-order valence-electron chi connectivity index (χ1n) is 7.39. The second-order valence-corrected chi connectivity index (χ2v) is 7.51. The Morgan fingerprint density at radius 2 is 2.00 bits per heavy atom. The zero-order chi connectivity index (χ0) is 17.2. The molecule has 1 aromatic rings. The summed E-state index contributed by atoms with van der Waals surface area (Å²) in [6.07, 6.45) is 2.35. The first-order chi connectivity index (χ1) is 10.7. The Labute approximate surface area is 134 Å². The maximum absolute atomic E-state index is 13.2. The Kier molecular flexibility index (Phi) is 5.20. The van der Waals surface area contributed by atoms with E-state index < -0.39 is 20.8 Å². The molecular formula is C14H20FN3O4S. The molecule has 1 aliphatic rings. The third kappa shape index (κ3) is 3.97. The van der Waals surface area contributed by atoms with Gasteiger partial charge in [0.05, 0.1) is 17.2 Å². The number of hydrogen-bond acceptors (Lipinski definition) is 5. The number of nitro benzene ring substituents is 1. The topological polar surface area (TPSA) is 83.8 Å². The van der Waals surface area contributed by atoms with Crippen LogP contribution in [0.25, 0.3) is 0 Å². The van der Waals surface area contributed by atoms with Crippen molar-refractivity contribution in [2.45, 2.75) is 25.8 Å². The number of nitro groups is 1. The SMILES string of the molecule is CCN(C1CCN(c2ccc(F)cc2[N+](=O)[O-])CC1)S(C)(=O)=O. The lowest BCUT2D eigenvalue weighted by atomic mass is 10.0. The van der Waals surface area contributed by atoms with Crippen molar-refractivity contribution >= 4 is 21.4 Å². The average Bonchev–Trinajstić information content (AvgIpc) is 2.47. The molecule has 1 fully saturated rings. The smallest absolute Gasteiger partial charge is 0.295 e. The number of rotatable bonds is 5. The lowest BCUT2D eigenvalue weighted by Crippen LogP contribution is -2.47. The average molecular weight is 345 g/mol.